The number of hydrogen-bond acceptors (Lipinski definition) is 11. The summed E-state index contributed by atoms with van der Waals surface area (Å²) in [5.74, 6) is -9.54. The van der Waals surface area contributed by atoms with E-state index in [2.05, 4.69) is 21.1 Å². The molecule has 37 heavy (non-hydrogen) atoms. The monoisotopic (exact) mass is 547 g/mol. The largest absolute Gasteiger partial charge is 0.547 e. The molecule has 218 valence electrons. The van der Waals surface area contributed by atoms with E-state index in [0.717, 1.165) is 24.9 Å². The molecule has 0 saturated carbocycles. The lowest BCUT2D eigenvalue weighted by molar-refractivity contribution is -0.870. The smallest absolute Gasteiger partial charge is 0.371 e. The molecular formula is C20H37NO16. The fourth-order valence-corrected chi connectivity index (χ4v) is 1.18. The number of carboxylic acid groups (broad SMARTS) is 6. The number of carbonyl (C=O) groups is 7. The number of nitrogens with zero attached hydrogens (tertiary/aromatic N) is 1. The Bertz CT molecular complexity index is 709. The summed E-state index contributed by atoms with van der Waals surface area (Å²) >= 11 is 0. The highest BCUT2D eigenvalue weighted by Crippen LogP contribution is 2.14. The maximum absolute atomic E-state index is 10.2. The van der Waals surface area contributed by atoms with E-state index in [1.54, 1.807) is 6.92 Å². The van der Waals surface area contributed by atoms with Gasteiger partial charge in [-0.25, -0.2) is 9.59 Å². The van der Waals surface area contributed by atoms with Crippen LogP contribution in [0.1, 0.15) is 40.0 Å². The van der Waals surface area contributed by atoms with Crippen molar-refractivity contribution in [2.24, 2.45) is 0 Å². The van der Waals surface area contributed by atoms with Crippen molar-refractivity contribution in [3.8, 4) is 0 Å². The highest BCUT2D eigenvalue weighted by atomic mass is 16.4. The van der Waals surface area contributed by atoms with Crippen LogP contribution < -0.4 is 5.11 Å². The van der Waals surface area contributed by atoms with Crippen LogP contribution in [0.2, 0.25) is 0 Å². The van der Waals surface area contributed by atoms with Crippen LogP contribution in [-0.4, -0.2) is 133 Å². The molecule has 1 atom stereocenters. The van der Waals surface area contributed by atoms with Crippen LogP contribution >= 0.6 is 0 Å². The van der Waals surface area contributed by atoms with Gasteiger partial charge in [0.2, 0.25) is 5.78 Å². The van der Waals surface area contributed by atoms with E-state index in [4.69, 9.17) is 45.6 Å². The summed E-state index contributed by atoms with van der Waals surface area (Å²) in [4.78, 5) is 67.9. The lowest BCUT2D eigenvalue weighted by atomic mass is 9.96. The molecular weight excluding hydrogens is 510 g/mol. The van der Waals surface area contributed by atoms with Gasteiger partial charge < -0.3 is 55.2 Å². The van der Waals surface area contributed by atoms with E-state index < -0.39 is 66.1 Å². The van der Waals surface area contributed by atoms with Gasteiger partial charge in [-0.15, -0.1) is 0 Å². The van der Waals surface area contributed by atoms with E-state index in [1.807, 2.05) is 0 Å². The molecule has 1 unspecified atom stereocenters. The Kier molecular flexibility index (Phi) is 26.7. The molecule has 0 spiro atoms. The van der Waals surface area contributed by atoms with Crippen molar-refractivity contribution >= 4 is 41.6 Å². The van der Waals surface area contributed by atoms with Crippen molar-refractivity contribution < 1.29 is 84.0 Å². The number of likely N-dealkylation sites (N-methyl/N-ethyl adjacent to an activating group) is 1. The predicted molar refractivity (Wildman–Crippen MR) is 120 cm³/mol. The summed E-state index contributed by atoms with van der Waals surface area (Å²) in [7, 11) is 6.16. The number of carbonyl (C=O) groups excluding carboxylic acids is 2. The third-order valence-electron chi connectivity index (χ3n) is 3.01. The molecule has 8 N–H and O–H groups in total. The molecule has 0 radical (unpaired) electrons. The van der Waals surface area contributed by atoms with Crippen LogP contribution in [-0.2, 0) is 33.6 Å². The Hall–Kier alpha value is -3.67. The Morgan fingerprint density at radius 1 is 0.838 bits per heavy atom. The zero-order valence-electron chi connectivity index (χ0n) is 21.4. The Labute approximate surface area is 212 Å². The van der Waals surface area contributed by atoms with Crippen molar-refractivity contribution in [3.05, 3.63) is 0 Å². The molecule has 0 aliphatic heterocycles. The molecule has 17 heteroatoms. The third kappa shape index (κ3) is 42.9. The number of aliphatic hydroxyl groups is 3. The highest BCUT2D eigenvalue weighted by Gasteiger charge is 2.34. The zero-order valence-corrected chi connectivity index (χ0v) is 21.4. The van der Waals surface area contributed by atoms with Gasteiger partial charge in [0.05, 0.1) is 46.6 Å². The van der Waals surface area contributed by atoms with Crippen LogP contribution in [0.3, 0.4) is 0 Å². The fourth-order valence-electron chi connectivity index (χ4n) is 1.18. The van der Waals surface area contributed by atoms with Crippen LogP contribution in [0.5, 0.6) is 0 Å². The second-order valence-electron chi connectivity index (χ2n) is 7.84. The van der Waals surface area contributed by atoms with Crippen molar-refractivity contribution in [2.75, 3.05) is 34.3 Å². The predicted octanol–water partition coefficient (Wildman–Crippen LogP) is -3.31. The normalized spacial score (nSPS) is 10.5. The molecule has 0 fully saturated rings. The van der Waals surface area contributed by atoms with Gasteiger partial charge in [0.15, 0.2) is 6.10 Å². The standard InChI is InChI=1S/C6H8O7.C5H14NO.C4H8O3.C3H4O3.C2H4O2/c7-3(8)1-6(13,5(11)12)2-4(9)10;1-6(2,3)4-5-7;1-2-3(5)4(6)7;1-2(4)3(5)6;1-2(3)4/h13H,1-2H2,(H,7,8)(H,9,10)(H,11,12);7H,4-5H2,1-3H3;3,5H,2H2,1H3,(H,6,7);1H3,(H,5,6);1H3,(H,3,4)/q;+1;;;/p-1. The molecule has 0 rings (SSSR count). The number of aliphatic hydroxyl groups excluding tert-OH is 2. The molecule has 0 saturated heterocycles. The quantitative estimate of drug-likeness (QED) is 0.0980. The summed E-state index contributed by atoms with van der Waals surface area (Å²) < 4.78 is 0.844. The van der Waals surface area contributed by atoms with Gasteiger partial charge in [-0.3, -0.25) is 19.2 Å². The van der Waals surface area contributed by atoms with Gasteiger partial charge in [0, 0.05) is 13.8 Å². The van der Waals surface area contributed by atoms with Crippen LogP contribution in [0, 0.1) is 0 Å². The van der Waals surface area contributed by atoms with E-state index in [1.165, 1.54) is 0 Å². The van der Waals surface area contributed by atoms with Crippen LogP contribution in [0.25, 0.3) is 0 Å². The summed E-state index contributed by atoms with van der Waals surface area (Å²) in [6.07, 6.45) is -3.32. The first-order chi connectivity index (χ1) is 16.4. The molecule has 0 heterocycles. The molecule has 0 aromatic heterocycles. The minimum absolute atomic E-state index is 0.273. The SMILES string of the molecule is CC(=O)C(=O)O.CC(=O)O.CCC(O)C(=O)O.C[N+](C)(C)CCO.O=C(O)CC(O)(CC(=O)O)C(=O)[O-]. The van der Waals surface area contributed by atoms with Crippen molar-refractivity contribution in [1.29, 1.82) is 0 Å². The molecule has 0 aliphatic rings. The number of hydrogen-bond donors (Lipinski definition) is 8. The summed E-state index contributed by atoms with van der Waals surface area (Å²) in [6, 6.07) is 0. The van der Waals surface area contributed by atoms with E-state index in [0.29, 0.717) is 0 Å². The van der Waals surface area contributed by atoms with E-state index >= 15 is 0 Å². The second kappa shape index (κ2) is 22.8. The van der Waals surface area contributed by atoms with Gasteiger partial charge in [0.1, 0.15) is 12.1 Å². The summed E-state index contributed by atoms with van der Waals surface area (Å²) in [5.41, 5.74) is -2.85. The van der Waals surface area contributed by atoms with Gasteiger partial charge in [-0.2, -0.15) is 0 Å². The number of aliphatic carboxylic acids is 6. The average Bonchev–Trinajstić information content (AvgIpc) is 2.65. The number of quaternary nitrogens is 1. The first kappa shape index (κ1) is 43.4. The lowest BCUT2D eigenvalue weighted by Gasteiger charge is -2.25. The first-order valence-corrected chi connectivity index (χ1v) is 10.0. The Balaban J connectivity index is -0.000000123. The van der Waals surface area contributed by atoms with Crippen LogP contribution in [0.15, 0.2) is 0 Å². The summed E-state index contributed by atoms with van der Waals surface area (Å²) in [5, 5.41) is 75.3. The van der Waals surface area contributed by atoms with E-state index in [9.17, 15) is 33.9 Å². The maximum atomic E-state index is 10.2. The minimum atomic E-state index is -2.85. The van der Waals surface area contributed by atoms with Gasteiger partial charge in [-0.05, 0) is 6.42 Å². The Morgan fingerprint density at radius 3 is 1.19 bits per heavy atom. The molecule has 0 bridgehead atoms. The zero-order chi connectivity index (χ0) is 31.2. The number of carboxylic acids is 6. The maximum Gasteiger partial charge on any atom is 0.371 e. The van der Waals surface area contributed by atoms with Gasteiger partial charge in [-0.1, -0.05) is 6.92 Å². The number of rotatable bonds is 10. The molecule has 0 aliphatic carbocycles. The number of ketones is 1. The Morgan fingerprint density at radius 2 is 1.14 bits per heavy atom. The molecule has 0 amide bonds. The van der Waals surface area contributed by atoms with E-state index in [-0.39, 0.29) is 13.0 Å². The highest BCUT2D eigenvalue weighted by molar-refractivity contribution is 6.31. The first-order valence-electron chi connectivity index (χ1n) is 10.0. The van der Waals surface area contributed by atoms with Gasteiger partial charge in [0.25, 0.3) is 5.97 Å². The van der Waals surface area contributed by atoms with Crippen LogP contribution in [0.4, 0.5) is 0 Å². The second-order valence-corrected chi connectivity index (χ2v) is 7.84. The topological polar surface area (TPSA) is 304 Å². The lowest BCUT2D eigenvalue weighted by Crippen LogP contribution is -2.51. The molecule has 0 aromatic carbocycles. The minimum Gasteiger partial charge on any atom is -0.547 e. The fraction of sp³-hybridized carbons (Fsp3) is 0.650. The molecule has 0 aromatic rings. The average molecular weight is 548 g/mol. The number of Topliss-reactive ketones (excluding diaryl/α,β-unsaturated/α-hetero) is 1. The van der Waals surface area contributed by atoms with Crippen molar-refractivity contribution in [2.45, 2.75) is 51.7 Å². The van der Waals surface area contributed by atoms with Gasteiger partial charge >= 0.3 is 23.9 Å². The summed E-state index contributed by atoms with van der Waals surface area (Å²) in [6.45, 7) is 4.81. The molecule has 17 nitrogen and oxygen atoms in total. The van der Waals surface area contributed by atoms with Crippen molar-refractivity contribution in [3.63, 3.8) is 0 Å². The van der Waals surface area contributed by atoms with Crippen molar-refractivity contribution in [1.82, 2.24) is 0 Å². The third-order valence-corrected chi connectivity index (χ3v) is 3.01.